The van der Waals surface area contributed by atoms with Gasteiger partial charge in [-0.3, -0.25) is 0 Å². The first-order valence-corrected chi connectivity index (χ1v) is 6.85. The summed E-state index contributed by atoms with van der Waals surface area (Å²) in [5, 5.41) is 0. The van der Waals surface area contributed by atoms with Crippen molar-refractivity contribution >= 4 is 0 Å². The van der Waals surface area contributed by atoms with Gasteiger partial charge in [0.2, 0.25) is 0 Å². The van der Waals surface area contributed by atoms with Gasteiger partial charge in [0.1, 0.15) is 0 Å². The van der Waals surface area contributed by atoms with Crippen LogP contribution < -0.4 is 0 Å². The molecule has 0 saturated heterocycles. The SMILES string of the molecule is CCC(c1ccccc1)[c-]1cccc1.[Fe+2].c1cc[cH-]c1. The average molecular weight is 304 g/mol. The van der Waals surface area contributed by atoms with E-state index in [0.717, 1.165) is 6.42 Å². The third kappa shape index (κ3) is 4.85. The van der Waals surface area contributed by atoms with Crippen LogP contribution in [0.5, 0.6) is 0 Å². The van der Waals surface area contributed by atoms with Gasteiger partial charge < -0.3 is 0 Å². The Balaban J connectivity index is 0.000000283. The zero-order chi connectivity index (χ0) is 13.3. The van der Waals surface area contributed by atoms with Crippen molar-refractivity contribution in [1.29, 1.82) is 0 Å². The van der Waals surface area contributed by atoms with Gasteiger partial charge >= 0.3 is 17.1 Å². The monoisotopic (exact) mass is 304 g/mol. The number of benzene rings is 1. The molecule has 0 amide bonds. The zero-order valence-corrected chi connectivity index (χ0v) is 12.8. The van der Waals surface area contributed by atoms with Crippen molar-refractivity contribution in [2.45, 2.75) is 19.3 Å². The first kappa shape index (κ1) is 16.5. The minimum absolute atomic E-state index is 0. The van der Waals surface area contributed by atoms with Crippen LogP contribution >= 0.6 is 0 Å². The van der Waals surface area contributed by atoms with Crippen LogP contribution in [0.4, 0.5) is 0 Å². The van der Waals surface area contributed by atoms with Gasteiger partial charge in [-0.25, -0.2) is 24.3 Å². The third-order valence-electron chi connectivity index (χ3n) is 3.26. The van der Waals surface area contributed by atoms with Gasteiger partial charge in [0, 0.05) is 0 Å². The van der Waals surface area contributed by atoms with E-state index < -0.39 is 0 Å². The maximum atomic E-state index is 2.24. The Morgan fingerprint density at radius 3 is 1.95 bits per heavy atom. The third-order valence-corrected chi connectivity index (χ3v) is 3.26. The fourth-order valence-electron chi connectivity index (χ4n) is 2.29. The molecule has 20 heavy (non-hydrogen) atoms. The van der Waals surface area contributed by atoms with E-state index in [0.29, 0.717) is 5.92 Å². The molecular weight excluding hydrogens is 284 g/mol. The molecule has 0 nitrogen and oxygen atoms in total. The molecule has 104 valence electrons. The minimum Gasteiger partial charge on any atom is -0.214 e. The molecule has 0 N–H and O–H groups in total. The molecular formula is C19H20Fe. The Kier molecular flexibility index (Phi) is 7.72. The topological polar surface area (TPSA) is 0 Å². The molecule has 0 aromatic heterocycles. The van der Waals surface area contributed by atoms with Gasteiger partial charge in [0.25, 0.3) is 0 Å². The van der Waals surface area contributed by atoms with E-state index in [4.69, 9.17) is 0 Å². The van der Waals surface area contributed by atoms with Gasteiger partial charge in [-0.05, 0) is 5.92 Å². The summed E-state index contributed by atoms with van der Waals surface area (Å²) < 4.78 is 0. The van der Waals surface area contributed by atoms with Crippen LogP contribution in [-0.2, 0) is 17.1 Å². The van der Waals surface area contributed by atoms with E-state index in [1.807, 2.05) is 30.3 Å². The van der Waals surface area contributed by atoms with Crippen LogP contribution in [0.1, 0.15) is 30.4 Å². The second-order valence-electron chi connectivity index (χ2n) is 4.55. The summed E-state index contributed by atoms with van der Waals surface area (Å²) in [4.78, 5) is 0. The minimum atomic E-state index is 0. The summed E-state index contributed by atoms with van der Waals surface area (Å²) >= 11 is 0. The maximum absolute atomic E-state index is 2.24. The molecule has 0 fully saturated rings. The molecule has 0 aliphatic heterocycles. The predicted molar refractivity (Wildman–Crippen MR) is 82.6 cm³/mol. The molecule has 0 heterocycles. The first-order chi connectivity index (χ1) is 9.42. The Morgan fingerprint density at radius 2 is 1.50 bits per heavy atom. The van der Waals surface area contributed by atoms with Gasteiger partial charge in [-0.15, -0.1) is 0 Å². The van der Waals surface area contributed by atoms with Crippen molar-refractivity contribution in [3.05, 3.63) is 96.1 Å². The van der Waals surface area contributed by atoms with Crippen LogP contribution in [0.25, 0.3) is 0 Å². The van der Waals surface area contributed by atoms with Crippen LogP contribution in [-0.4, -0.2) is 0 Å². The van der Waals surface area contributed by atoms with E-state index in [1.54, 1.807) is 0 Å². The number of hydrogen-bond acceptors (Lipinski definition) is 0. The van der Waals surface area contributed by atoms with Crippen LogP contribution in [0, 0.1) is 0 Å². The van der Waals surface area contributed by atoms with E-state index in [9.17, 15) is 0 Å². The first-order valence-electron chi connectivity index (χ1n) is 6.85. The number of hydrogen-bond donors (Lipinski definition) is 0. The fourth-order valence-corrected chi connectivity index (χ4v) is 2.29. The van der Waals surface area contributed by atoms with Gasteiger partial charge in [0.05, 0.1) is 0 Å². The molecule has 3 aromatic rings. The smallest absolute Gasteiger partial charge is 0.214 e. The van der Waals surface area contributed by atoms with Crippen LogP contribution in [0.3, 0.4) is 0 Å². The van der Waals surface area contributed by atoms with Crippen molar-refractivity contribution in [2.75, 3.05) is 0 Å². The van der Waals surface area contributed by atoms with Gasteiger partial charge in [0.15, 0.2) is 0 Å². The largest absolute Gasteiger partial charge is 2.00 e. The van der Waals surface area contributed by atoms with Crippen molar-refractivity contribution < 1.29 is 17.1 Å². The average Bonchev–Trinajstić information content (AvgIpc) is 3.17. The van der Waals surface area contributed by atoms with E-state index in [-0.39, 0.29) is 17.1 Å². The van der Waals surface area contributed by atoms with Gasteiger partial charge in [-0.2, -0.15) is 35.9 Å². The van der Waals surface area contributed by atoms with Crippen LogP contribution in [0.15, 0.2) is 84.9 Å². The van der Waals surface area contributed by atoms with Crippen molar-refractivity contribution in [2.24, 2.45) is 0 Å². The molecule has 0 aliphatic rings. The summed E-state index contributed by atoms with van der Waals surface area (Å²) in [6, 6.07) is 29.4. The second-order valence-corrected chi connectivity index (χ2v) is 4.55. The maximum Gasteiger partial charge on any atom is 2.00 e. The molecule has 3 aromatic carbocycles. The molecule has 1 atom stereocenters. The van der Waals surface area contributed by atoms with Crippen molar-refractivity contribution in [1.82, 2.24) is 0 Å². The summed E-state index contributed by atoms with van der Waals surface area (Å²) in [5.41, 5.74) is 2.85. The molecule has 0 aliphatic carbocycles. The van der Waals surface area contributed by atoms with Crippen molar-refractivity contribution in [3.63, 3.8) is 0 Å². The summed E-state index contributed by atoms with van der Waals surface area (Å²) in [6.45, 7) is 2.24. The molecule has 1 unspecified atom stereocenters. The summed E-state index contributed by atoms with van der Waals surface area (Å²) in [6.07, 6.45) is 1.16. The van der Waals surface area contributed by atoms with Crippen molar-refractivity contribution in [3.8, 4) is 0 Å². The zero-order valence-electron chi connectivity index (χ0n) is 11.7. The Morgan fingerprint density at radius 1 is 0.900 bits per heavy atom. The number of rotatable bonds is 3. The van der Waals surface area contributed by atoms with Gasteiger partial charge in [-0.1, -0.05) is 49.2 Å². The second kappa shape index (κ2) is 9.36. The Bertz CT molecular complexity index is 503. The standard InChI is InChI=1S/C14H15.C5H5.Fe/c1-2-14(13-10-6-7-11-13)12-8-4-3-5-9-12;1-2-4-5-3-1;/h3-11,14H,2H2,1H3;1-5H;/q2*-1;+2. The molecule has 0 spiro atoms. The molecule has 0 radical (unpaired) electrons. The summed E-state index contributed by atoms with van der Waals surface area (Å²) in [7, 11) is 0. The van der Waals surface area contributed by atoms with E-state index in [2.05, 4.69) is 61.5 Å². The molecule has 0 saturated carbocycles. The Labute approximate surface area is 132 Å². The summed E-state index contributed by atoms with van der Waals surface area (Å²) in [5.74, 6) is 0.561. The molecule has 0 bridgehead atoms. The fraction of sp³-hybridized carbons (Fsp3) is 0.158. The quantitative estimate of drug-likeness (QED) is 0.452. The predicted octanol–water partition coefficient (Wildman–Crippen LogP) is 5.35. The van der Waals surface area contributed by atoms with E-state index >= 15 is 0 Å². The Hall–Kier alpha value is -1.56. The normalized spacial score (nSPS) is 10.8. The molecule has 1 heteroatoms. The van der Waals surface area contributed by atoms with Crippen LogP contribution in [0.2, 0.25) is 0 Å². The van der Waals surface area contributed by atoms with E-state index in [1.165, 1.54) is 11.1 Å². The molecule has 3 rings (SSSR count).